The maximum Gasteiger partial charge on any atom is 0.374 e. The maximum atomic E-state index is 12.1. The Morgan fingerprint density at radius 3 is 2.48 bits per heavy atom. The van der Waals surface area contributed by atoms with Crippen LogP contribution in [0.3, 0.4) is 0 Å². The van der Waals surface area contributed by atoms with Crippen LogP contribution in [0, 0.1) is 0 Å². The number of thiophene rings is 1. The van der Waals surface area contributed by atoms with Crippen molar-refractivity contribution in [1.29, 1.82) is 0 Å². The summed E-state index contributed by atoms with van der Waals surface area (Å²) in [6, 6.07) is 5.30. The summed E-state index contributed by atoms with van der Waals surface area (Å²) in [5, 5.41) is 4.27. The smallest absolute Gasteiger partial charge is 0.374 e. The molecule has 13 heteroatoms. The van der Waals surface area contributed by atoms with Crippen molar-refractivity contribution in [3.8, 4) is 0 Å². The van der Waals surface area contributed by atoms with Gasteiger partial charge in [0.25, 0.3) is 10.0 Å². The molecule has 0 aliphatic rings. The topological polar surface area (TPSA) is 163 Å². The van der Waals surface area contributed by atoms with Crippen molar-refractivity contribution in [2.75, 3.05) is 19.4 Å². The molecule has 0 aliphatic carbocycles. The van der Waals surface area contributed by atoms with Crippen LogP contribution < -0.4 is 9.86 Å². The Bertz CT molecular complexity index is 1050. The van der Waals surface area contributed by atoms with Crippen LogP contribution in [-0.2, 0) is 31.2 Å². The first kappa shape index (κ1) is 21.2. The van der Waals surface area contributed by atoms with Gasteiger partial charge in [0.2, 0.25) is 26.7 Å². The Kier molecular flexibility index (Phi) is 6.54. The first-order valence-corrected chi connectivity index (χ1v) is 11.6. The number of furan rings is 1. The van der Waals surface area contributed by atoms with E-state index in [1.807, 2.05) is 0 Å². The first-order chi connectivity index (χ1) is 12.5. The van der Waals surface area contributed by atoms with Gasteiger partial charge in [-0.1, -0.05) is 0 Å². The van der Waals surface area contributed by atoms with Gasteiger partial charge < -0.3 is 9.15 Å². The standard InChI is InChI=1S/C14H16N2O8S3/c1-26(19,20)16-7-6-9-2-4-12(25-9)10(17)8-23-14(18)11-3-5-13(24-11)27(15,21)22/h2-5,16H,6-8H2,1H3,(H2,15,21,22). The molecule has 3 N–H and O–H groups in total. The molecule has 0 radical (unpaired) electrons. The molecule has 2 rings (SSSR count). The second kappa shape index (κ2) is 8.31. The predicted octanol–water partition coefficient (Wildman–Crippen LogP) is 0.120. The number of nitrogens with two attached hydrogens (primary N) is 1. The van der Waals surface area contributed by atoms with E-state index in [1.165, 1.54) is 0 Å². The van der Waals surface area contributed by atoms with E-state index in [2.05, 4.69) is 4.72 Å². The Balaban J connectivity index is 1.88. The summed E-state index contributed by atoms with van der Waals surface area (Å²) in [4.78, 5) is 25.0. The predicted molar refractivity (Wildman–Crippen MR) is 95.6 cm³/mol. The molecule has 0 aliphatic heterocycles. The average Bonchev–Trinajstić information content (AvgIpc) is 3.19. The Morgan fingerprint density at radius 1 is 1.19 bits per heavy atom. The van der Waals surface area contributed by atoms with Gasteiger partial charge in [-0.05, 0) is 30.7 Å². The zero-order valence-electron chi connectivity index (χ0n) is 14.0. The molecule has 2 heterocycles. The van der Waals surface area contributed by atoms with E-state index in [4.69, 9.17) is 14.3 Å². The molecule has 0 aromatic carbocycles. The molecule has 0 unspecified atom stereocenters. The molecule has 0 fully saturated rings. The van der Waals surface area contributed by atoms with Crippen LogP contribution in [0.25, 0.3) is 0 Å². The summed E-state index contributed by atoms with van der Waals surface area (Å²) in [6.45, 7) is -0.362. The van der Waals surface area contributed by atoms with E-state index in [0.717, 1.165) is 34.6 Å². The minimum atomic E-state index is -4.09. The molecule has 2 aromatic rings. The number of ketones is 1. The van der Waals surface area contributed by atoms with Gasteiger partial charge in [-0.2, -0.15) is 0 Å². The molecule has 0 bridgehead atoms. The minimum absolute atomic E-state index is 0.201. The van der Waals surface area contributed by atoms with E-state index in [0.29, 0.717) is 11.3 Å². The minimum Gasteiger partial charge on any atom is -0.451 e. The van der Waals surface area contributed by atoms with Crippen LogP contribution in [0.2, 0.25) is 0 Å². The van der Waals surface area contributed by atoms with Crippen molar-refractivity contribution in [1.82, 2.24) is 4.72 Å². The lowest BCUT2D eigenvalue weighted by Crippen LogP contribution is -2.24. The van der Waals surface area contributed by atoms with Gasteiger partial charge in [0.1, 0.15) is 0 Å². The lowest BCUT2D eigenvalue weighted by molar-refractivity contribution is 0.0439. The fourth-order valence-electron chi connectivity index (χ4n) is 1.88. The third-order valence-electron chi connectivity index (χ3n) is 3.07. The normalized spacial score (nSPS) is 12.1. The quantitative estimate of drug-likeness (QED) is 0.413. The van der Waals surface area contributed by atoms with Crippen molar-refractivity contribution >= 4 is 43.1 Å². The molecule has 148 valence electrons. The molecule has 27 heavy (non-hydrogen) atoms. The van der Waals surface area contributed by atoms with Crippen molar-refractivity contribution < 1.29 is 35.6 Å². The van der Waals surface area contributed by atoms with Gasteiger partial charge in [-0.15, -0.1) is 11.3 Å². The third-order valence-corrected chi connectivity index (χ3v) is 5.76. The van der Waals surface area contributed by atoms with Crippen LogP contribution >= 0.6 is 11.3 Å². The fourth-order valence-corrected chi connectivity index (χ4v) is 3.75. The van der Waals surface area contributed by atoms with Crippen LogP contribution in [0.15, 0.2) is 33.8 Å². The highest BCUT2D eigenvalue weighted by Crippen LogP contribution is 2.18. The number of rotatable bonds is 9. The maximum absolute atomic E-state index is 12.1. The van der Waals surface area contributed by atoms with Gasteiger partial charge in [0, 0.05) is 11.4 Å². The number of hydrogen-bond donors (Lipinski definition) is 2. The monoisotopic (exact) mass is 436 g/mol. The fraction of sp³-hybridized carbons (Fsp3) is 0.286. The zero-order chi connectivity index (χ0) is 20.2. The van der Waals surface area contributed by atoms with Gasteiger partial charge in [0.15, 0.2) is 6.61 Å². The largest absolute Gasteiger partial charge is 0.451 e. The highest BCUT2D eigenvalue weighted by molar-refractivity contribution is 7.89. The average molecular weight is 436 g/mol. The first-order valence-electron chi connectivity index (χ1n) is 7.32. The van der Waals surface area contributed by atoms with E-state index in [9.17, 15) is 26.4 Å². The lowest BCUT2D eigenvalue weighted by atomic mass is 10.3. The number of esters is 1. The lowest BCUT2D eigenvalue weighted by Gasteiger charge is -2.01. The van der Waals surface area contributed by atoms with E-state index < -0.39 is 49.3 Å². The summed E-state index contributed by atoms with van der Waals surface area (Å²) in [5.74, 6) is -1.87. The summed E-state index contributed by atoms with van der Waals surface area (Å²) < 4.78 is 56.1. The number of carbonyl (C=O) groups excluding carboxylic acids is 2. The molecular weight excluding hydrogens is 420 g/mol. The highest BCUT2D eigenvalue weighted by atomic mass is 32.2. The second-order valence-electron chi connectivity index (χ2n) is 5.35. The van der Waals surface area contributed by atoms with Gasteiger partial charge in [-0.25, -0.2) is 31.5 Å². The Hall–Kier alpha value is -2.06. The number of ether oxygens (including phenoxy) is 1. The molecule has 0 amide bonds. The van der Waals surface area contributed by atoms with Crippen molar-refractivity contribution in [3.63, 3.8) is 0 Å². The number of nitrogens with one attached hydrogen (secondary N) is 1. The number of hydrogen-bond acceptors (Lipinski definition) is 9. The SMILES string of the molecule is CS(=O)(=O)NCCc1ccc(C(=O)COC(=O)c2ccc(S(N)(=O)=O)o2)s1. The van der Waals surface area contributed by atoms with Crippen molar-refractivity contribution in [3.05, 3.63) is 39.8 Å². The van der Waals surface area contributed by atoms with Crippen LogP contribution in [0.1, 0.15) is 25.1 Å². The van der Waals surface area contributed by atoms with Crippen molar-refractivity contribution in [2.24, 2.45) is 5.14 Å². The summed E-state index contributed by atoms with van der Waals surface area (Å²) in [5.41, 5.74) is 0. The summed E-state index contributed by atoms with van der Waals surface area (Å²) >= 11 is 1.15. The molecule has 0 saturated heterocycles. The highest BCUT2D eigenvalue weighted by Gasteiger charge is 2.20. The second-order valence-corrected chi connectivity index (χ2v) is 9.84. The number of carbonyl (C=O) groups is 2. The molecular formula is C14H16N2O8S3. The van der Waals surface area contributed by atoms with Crippen molar-refractivity contribution in [2.45, 2.75) is 11.5 Å². The van der Waals surface area contributed by atoms with Gasteiger partial charge in [0.05, 0.1) is 11.1 Å². The van der Waals surface area contributed by atoms with E-state index in [-0.39, 0.29) is 6.54 Å². The zero-order valence-corrected chi connectivity index (χ0v) is 16.4. The van der Waals surface area contributed by atoms with Crippen LogP contribution in [-0.4, -0.2) is 48.0 Å². The van der Waals surface area contributed by atoms with E-state index >= 15 is 0 Å². The van der Waals surface area contributed by atoms with E-state index in [1.54, 1.807) is 12.1 Å². The summed E-state index contributed by atoms with van der Waals surface area (Å²) in [6.07, 6.45) is 1.46. The number of Topliss-reactive ketones (excluding diaryl/α,β-unsaturated/α-hetero) is 1. The van der Waals surface area contributed by atoms with Crippen LogP contribution in [0.5, 0.6) is 0 Å². The van der Waals surface area contributed by atoms with Crippen LogP contribution in [0.4, 0.5) is 0 Å². The van der Waals surface area contributed by atoms with Gasteiger partial charge in [-0.3, -0.25) is 4.79 Å². The third kappa shape index (κ3) is 6.55. The Morgan fingerprint density at radius 2 is 1.89 bits per heavy atom. The Labute approximate surface area is 159 Å². The molecule has 2 aromatic heterocycles. The number of primary sulfonamides is 1. The molecule has 0 atom stereocenters. The summed E-state index contributed by atoms with van der Waals surface area (Å²) in [7, 11) is -7.37. The molecule has 0 saturated carbocycles. The van der Waals surface area contributed by atoms with Gasteiger partial charge >= 0.3 is 5.97 Å². The molecule has 0 spiro atoms. The molecule has 10 nitrogen and oxygen atoms in total. The number of sulfonamides is 2.